The molecule has 0 aliphatic heterocycles. The lowest BCUT2D eigenvalue weighted by Gasteiger charge is -2.17. The quantitative estimate of drug-likeness (QED) is 0.741. The van der Waals surface area contributed by atoms with E-state index in [1.54, 1.807) is 0 Å². The summed E-state index contributed by atoms with van der Waals surface area (Å²) < 4.78 is 0. The predicted molar refractivity (Wildman–Crippen MR) is 63.7 cm³/mol. The first-order chi connectivity index (χ1) is 7.56. The van der Waals surface area contributed by atoms with Crippen molar-refractivity contribution in [1.82, 2.24) is 5.32 Å². The molecule has 1 rings (SSSR count). The Labute approximate surface area is 96.6 Å². The number of ketones is 1. The minimum Gasteiger partial charge on any atom is -0.332 e. The summed E-state index contributed by atoms with van der Waals surface area (Å²) in [7, 11) is 0. The van der Waals surface area contributed by atoms with Gasteiger partial charge in [0.15, 0.2) is 5.78 Å². The van der Waals surface area contributed by atoms with Gasteiger partial charge < -0.3 is 5.32 Å². The Bertz CT molecular complexity index is 351. The molecule has 0 aromatic rings. The largest absolute Gasteiger partial charge is 0.332 e. The van der Waals surface area contributed by atoms with Gasteiger partial charge in [0.25, 0.3) is 0 Å². The first kappa shape index (κ1) is 12.7. The lowest BCUT2D eigenvalue weighted by Crippen LogP contribution is -2.20. The molecule has 0 bridgehead atoms. The van der Waals surface area contributed by atoms with Crippen LogP contribution in [0.2, 0.25) is 0 Å². The number of nitrogens with one attached hydrogen (secondary N) is 1. The zero-order valence-electron chi connectivity index (χ0n) is 10.2. The molecule has 0 saturated carbocycles. The van der Waals surface area contributed by atoms with Crippen molar-refractivity contribution < 1.29 is 9.59 Å². The Morgan fingerprint density at radius 2 is 2.06 bits per heavy atom. The van der Waals surface area contributed by atoms with Gasteiger partial charge in [-0.25, -0.2) is 0 Å². The molecular formula is C13H19NO2. The van der Waals surface area contributed by atoms with Crippen LogP contribution < -0.4 is 5.32 Å². The third-order valence-corrected chi connectivity index (χ3v) is 2.97. The molecule has 0 radical (unpaired) electrons. The smallest absolute Gasteiger partial charge is 0.211 e. The summed E-state index contributed by atoms with van der Waals surface area (Å²) in [6, 6.07) is 0. The van der Waals surface area contributed by atoms with Gasteiger partial charge in [-0.3, -0.25) is 9.59 Å². The summed E-state index contributed by atoms with van der Waals surface area (Å²) in [5.74, 6) is 0.551. The van der Waals surface area contributed by atoms with Crippen LogP contribution in [0.4, 0.5) is 0 Å². The highest BCUT2D eigenvalue weighted by Gasteiger charge is 2.18. The normalized spacial score (nSPS) is 18.0. The second-order valence-electron chi connectivity index (χ2n) is 4.47. The molecule has 0 aromatic carbocycles. The van der Waals surface area contributed by atoms with Crippen LogP contribution in [0, 0.1) is 5.92 Å². The number of amides is 1. The zero-order chi connectivity index (χ0) is 12.1. The van der Waals surface area contributed by atoms with E-state index in [2.05, 4.69) is 19.2 Å². The maximum atomic E-state index is 11.8. The molecule has 3 nitrogen and oxygen atoms in total. The molecule has 0 fully saturated rings. The van der Waals surface area contributed by atoms with E-state index < -0.39 is 0 Å². The van der Waals surface area contributed by atoms with Crippen molar-refractivity contribution in [2.75, 3.05) is 0 Å². The second kappa shape index (κ2) is 5.64. The van der Waals surface area contributed by atoms with Crippen molar-refractivity contribution in [1.29, 1.82) is 0 Å². The first-order valence-electron chi connectivity index (χ1n) is 5.71. The topological polar surface area (TPSA) is 46.2 Å². The number of hydrogen-bond donors (Lipinski definition) is 1. The Hall–Kier alpha value is -1.38. The molecular weight excluding hydrogens is 202 g/mol. The maximum absolute atomic E-state index is 11.8. The number of carbonyl (C=O) groups is 2. The van der Waals surface area contributed by atoms with Gasteiger partial charge in [0.05, 0.1) is 0 Å². The standard InChI is InChI=1S/C13H19NO2/c1-9(2)10(3)7-11-12(14-8-15)5-4-6-13(11)16/h7-9H,4-6H2,1-3H3,(H,14,15)/b10-7+. The van der Waals surface area contributed by atoms with E-state index >= 15 is 0 Å². The van der Waals surface area contributed by atoms with Crippen molar-refractivity contribution in [2.24, 2.45) is 5.92 Å². The summed E-state index contributed by atoms with van der Waals surface area (Å²) in [5, 5.41) is 2.64. The minimum atomic E-state index is 0.135. The fourth-order valence-corrected chi connectivity index (χ4v) is 1.65. The molecule has 3 heteroatoms. The van der Waals surface area contributed by atoms with Crippen molar-refractivity contribution in [3.05, 3.63) is 22.9 Å². The van der Waals surface area contributed by atoms with Gasteiger partial charge in [0, 0.05) is 17.7 Å². The van der Waals surface area contributed by atoms with Gasteiger partial charge in [-0.2, -0.15) is 0 Å². The van der Waals surface area contributed by atoms with Crippen LogP contribution in [0.15, 0.2) is 22.9 Å². The lowest BCUT2D eigenvalue weighted by molar-refractivity contribution is -0.115. The molecule has 88 valence electrons. The van der Waals surface area contributed by atoms with E-state index in [0.717, 1.165) is 24.1 Å². The molecule has 0 spiro atoms. The van der Waals surface area contributed by atoms with Crippen LogP contribution in [0.3, 0.4) is 0 Å². The molecule has 1 aliphatic carbocycles. The molecule has 1 N–H and O–H groups in total. The Kier molecular flexibility index (Phi) is 4.47. The van der Waals surface area contributed by atoms with Crippen molar-refractivity contribution in [3.63, 3.8) is 0 Å². The van der Waals surface area contributed by atoms with Crippen LogP contribution in [0.25, 0.3) is 0 Å². The molecule has 16 heavy (non-hydrogen) atoms. The van der Waals surface area contributed by atoms with Crippen molar-refractivity contribution >= 4 is 12.2 Å². The van der Waals surface area contributed by atoms with E-state index in [9.17, 15) is 9.59 Å². The van der Waals surface area contributed by atoms with E-state index in [1.165, 1.54) is 0 Å². The van der Waals surface area contributed by atoms with Gasteiger partial charge >= 0.3 is 0 Å². The third kappa shape index (κ3) is 3.05. The molecule has 0 unspecified atom stereocenters. The highest BCUT2D eigenvalue weighted by atomic mass is 16.1. The highest BCUT2D eigenvalue weighted by Crippen LogP contribution is 2.23. The number of hydrogen-bond acceptors (Lipinski definition) is 2. The fourth-order valence-electron chi connectivity index (χ4n) is 1.65. The average molecular weight is 221 g/mol. The van der Waals surface area contributed by atoms with Crippen LogP contribution >= 0.6 is 0 Å². The lowest BCUT2D eigenvalue weighted by atomic mass is 9.91. The summed E-state index contributed by atoms with van der Waals surface area (Å²) in [6.07, 6.45) is 4.75. The number of carbonyl (C=O) groups excluding carboxylic acids is 2. The molecule has 0 heterocycles. The van der Waals surface area contributed by atoms with Gasteiger partial charge in [-0.15, -0.1) is 0 Å². The minimum absolute atomic E-state index is 0.135. The molecule has 1 amide bonds. The highest BCUT2D eigenvalue weighted by molar-refractivity contribution is 5.99. The summed E-state index contributed by atoms with van der Waals surface area (Å²) >= 11 is 0. The summed E-state index contributed by atoms with van der Waals surface area (Å²) in [4.78, 5) is 22.2. The number of Topliss-reactive ketones (excluding diaryl/α,β-unsaturated/α-hetero) is 1. The van der Waals surface area contributed by atoms with Crippen molar-refractivity contribution in [2.45, 2.75) is 40.0 Å². The SMILES string of the molecule is C/C(=C\C1=C(NC=O)CCCC1=O)C(C)C. The van der Waals surface area contributed by atoms with E-state index in [0.29, 0.717) is 24.3 Å². The fraction of sp³-hybridized carbons (Fsp3) is 0.538. The summed E-state index contributed by atoms with van der Waals surface area (Å²) in [5.41, 5.74) is 2.62. The number of allylic oxidation sites excluding steroid dienone is 4. The van der Waals surface area contributed by atoms with Crippen molar-refractivity contribution in [3.8, 4) is 0 Å². The van der Waals surface area contributed by atoms with Gasteiger partial charge in [-0.05, 0) is 25.7 Å². The predicted octanol–water partition coefficient (Wildman–Crippen LogP) is 2.34. The Morgan fingerprint density at radius 3 is 2.62 bits per heavy atom. The summed E-state index contributed by atoms with van der Waals surface area (Å²) in [6.45, 7) is 6.19. The van der Waals surface area contributed by atoms with Crippen LogP contribution in [0.5, 0.6) is 0 Å². The average Bonchev–Trinajstić information content (AvgIpc) is 2.23. The van der Waals surface area contributed by atoms with E-state index in [4.69, 9.17) is 0 Å². The first-order valence-corrected chi connectivity index (χ1v) is 5.71. The Morgan fingerprint density at radius 1 is 1.38 bits per heavy atom. The second-order valence-corrected chi connectivity index (χ2v) is 4.47. The molecule has 0 atom stereocenters. The van der Waals surface area contributed by atoms with Crippen LogP contribution in [-0.4, -0.2) is 12.2 Å². The number of rotatable bonds is 4. The van der Waals surface area contributed by atoms with Gasteiger partial charge in [-0.1, -0.05) is 25.5 Å². The zero-order valence-corrected chi connectivity index (χ0v) is 10.2. The maximum Gasteiger partial charge on any atom is 0.211 e. The molecule has 0 saturated heterocycles. The van der Waals surface area contributed by atoms with E-state index in [1.807, 2.05) is 13.0 Å². The monoisotopic (exact) mass is 221 g/mol. The van der Waals surface area contributed by atoms with Crippen LogP contribution in [-0.2, 0) is 9.59 Å². The Balaban J connectivity index is 3.05. The molecule has 0 aromatic heterocycles. The van der Waals surface area contributed by atoms with E-state index in [-0.39, 0.29) is 5.78 Å². The van der Waals surface area contributed by atoms with Gasteiger partial charge in [0.1, 0.15) is 0 Å². The third-order valence-electron chi connectivity index (χ3n) is 2.97. The molecule has 1 aliphatic rings. The van der Waals surface area contributed by atoms with Crippen LogP contribution in [0.1, 0.15) is 40.0 Å². The van der Waals surface area contributed by atoms with Gasteiger partial charge in [0.2, 0.25) is 6.41 Å².